The molecule has 1 fully saturated rings. The van der Waals surface area contributed by atoms with Crippen LogP contribution in [0.2, 0.25) is 0 Å². The maximum Gasteiger partial charge on any atom is 0.279 e. The van der Waals surface area contributed by atoms with Gasteiger partial charge in [-0.05, 0) is 18.9 Å². The fourth-order valence-corrected chi connectivity index (χ4v) is 3.85. The van der Waals surface area contributed by atoms with Crippen LogP contribution in [0.5, 0.6) is 0 Å². The highest BCUT2D eigenvalue weighted by Gasteiger charge is 2.31. The van der Waals surface area contributed by atoms with Crippen molar-refractivity contribution in [1.82, 2.24) is 23.7 Å². The highest BCUT2D eigenvalue weighted by Crippen LogP contribution is 2.29. The van der Waals surface area contributed by atoms with Gasteiger partial charge in [0, 0.05) is 26.1 Å². The van der Waals surface area contributed by atoms with Gasteiger partial charge in [0.1, 0.15) is 0 Å². The van der Waals surface area contributed by atoms with Gasteiger partial charge < -0.3 is 4.90 Å². The van der Waals surface area contributed by atoms with E-state index in [-0.39, 0.29) is 18.4 Å². The second-order valence-electron chi connectivity index (χ2n) is 6.48. The Bertz CT molecular complexity index is 711. The molecule has 24 heavy (non-hydrogen) atoms. The Balaban J connectivity index is 1.62. The molecule has 0 unspecified atom stereocenters. The Morgan fingerprint density at radius 1 is 1.42 bits per heavy atom. The van der Waals surface area contributed by atoms with E-state index in [0.717, 1.165) is 25.0 Å². The van der Waals surface area contributed by atoms with E-state index in [1.807, 2.05) is 15.6 Å². The van der Waals surface area contributed by atoms with Gasteiger partial charge in [-0.1, -0.05) is 13.3 Å². The number of carbonyl (C=O) groups is 1. The molecule has 0 atom stereocenters. The Morgan fingerprint density at radius 3 is 2.79 bits per heavy atom. The second kappa shape index (κ2) is 6.81. The number of nitrogens with zero attached hydrogens (tertiary/aromatic N) is 4. The first-order valence-electron chi connectivity index (χ1n) is 8.46. The maximum atomic E-state index is 12.4. The molecule has 1 aromatic heterocycles. The third-order valence-electron chi connectivity index (χ3n) is 4.91. The molecule has 0 aromatic carbocycles. The minimum atomic E-state index is -3.47. The van der Waals surface area contributed by atoms with Gasteiger partial charge in [0.25, 0.3) is 10.2 Å². The summed E-state index contributed by atoms with van der Waals surface area (Å²) in [6.45, 7) is 4.24. The molecule has 2 aliphatic rings. The van der Waals surface area contributed by atoms with Crippen molar-refractivity contribution in [3.63, 3.8) is 0 Å². The van der Waals surface area contributed by atoms with Crippen LogP contribution in [-0.2, 0) is 34.6 Å². The van der Waals surface area contributed by atoms with E-state index in [1.54, 1.807) is 6.92 Å². The molecule has 8 nitrogen and oxygen atoms in total. The minimum absolute atomic E-state index is 0.156. The predicted molar refractivity (Wildman–Crippen MR) is 89.0 cm³/mol. The summed E-state index contributed by atoms with van der Waals surface area (Å²) in [5, 5.41) is 4.45. The van der Waals surface area contributed by atoms with Gasteiger partial charge in [-0.25, -0.2) is 0 Å². The number of amides is 1. The molecule has 134 valence electrons. The first-order chi connectivity index (χ1) is 11.4. The smallest absolute Gasteiger partial charge is 0.279 e. The molecule has 3 rings (SSSR count). The highest BCUT2D eigenvalue weighted by atomic mass is 32.2. The lowest BCUT2D eigenvalue weighted by atomic mass is 9.84. The van der Waals surface area contributed by atoms with Crippen molar-refractivity contribution in [2.75, 3.05) is 20.1 Å². The first-order valence-corrected chi connectivity index (χ1v) is 9.90. The molecule has 1 N–H and O–H groups in total. The predicted octanol–water partition coefficient (Wildman–Crippen LogP) is 0.312. The van der Waals surface area contributed by atoms with Crippen LogP contribution in [0.1, 0.15) is 37.6 Å². The zero-order valence-corrected chi connectivity index (χ0v) is 15.0. The van der Waals surface area contributed by atoms with Crippen molar-refractivity contribution in [1.29, 1.82) is 0 Å². The minimum Gasteiger partial charge on any atom is -0.335 e. The third kappa shape index (κ3) is 3.47. The van der Waals surface area contributed by atoms with Crippen molar-refractivity contribution >= 4 is 16.1 Å². The number of nitrogens with one attached hydrogen (secondary N) is 1. The van der Waals surface area contributed by atoms with E-state index < -0.39 is 10.2 Å². The van der Waals surface area contributed by atoms with E-state index in [4.69, 9.17) is 0 Å². The molecule has 0 bridgehead atoms. The largest absolute Gasteiger partial charge is 0.335 e. The van der Waals surface area contributed by atoms with Gasteiger partial charge >= 0.3 is 0 Å². The normalized spacial score (nSPS) is 18.5. The molecular weight excluding hydrogens is 330 g/mol. The number of fused-ring (bicyclic) bond motifs is 1. The summed E-state index contributed by atoms with van der Waals surface area (Å²) >= 11 is 0. The summed E-state index contributed by atoms with van der Waals surface area (Å²) < 4.78 is 29.6. The Labute approximate surface area is 143 Å². The van der Waals surface area contributed by atoms with Crippen molar-refractivity contribution < 1.29 is 13.2 Å². The van der Waals surface area contributed by atoms with Crippen LogP contribution in [-0.4, -0.2) is 53.4 Å². The summed E-state index contributed by atoms with van der Waals surface area (Å²) in [6, 6.07) is 1.88. The van der Waals surface area contributed by atoms with Crippen LogP contribution in [0.15, 0.2) is 6.07 Å². The molecule has 2 heterocycles. The standard InChI is InChI=1S/C15H25N5O3S/c1-3-18(2)24(22,23)16-10-13-9-14-11-19(7-8-20(14)17-13)15(21)12-5-4-6-12/h9,12,16H,3-8,10-11H2,1-2H3. The highest BCUT2D eigenvalue weighted by molar-refractivity contribution is 7.87. The van der Waals surface area contributed by atoms with Crippen molar-refractivity contribution in [2.45, 2.75) is 45.8 Å². The van der Waals surface area contributed by atoms with Crippen LogP contribution in [0.4, 0.5) is 0 Å². The Hall–Kier alpha value is -1.45. The van der Waals surface area contributed by atoms with Gasteiger partial charge in [-0.15, -0.1) is 0 Å². The summed E-state index contributed by atoms with van der Waals surface area (Å²) in [5.74, 6) is 0.454. The zero-order chi connectivity index (χ0) is 17.3. The van der Waals surface area contributed by atoms with Crippen LogP contribution in [0, 0.1) is 5.92 Å². The molecule has 1 aliphatic carbocycles. The van der Waals surface area contributed by atoms with Crippen LogP contribution >= 0.6 is 0 Å². The average Bonchev–Trinajstić information content (AvgIpc) is 2.92. The lowest BCUT2D eigenvalue weighted by Crippen LogP contribution is -2.43. The zero-order valence-electron chi connectivity index (χ0n) is 14.2. The molecule has 1 aliphatic heterocycles. The molecular formula is C15H25N5O3S. The van der Waals surface area contributed by atoms with Gasteiger partial charge in [0.2, 0.25) is 5.91 Å². The molecule has 1 saturated carbocycles. The number of aromatic nitrogens is 2. The summed E-state index contributed by atoms with van der Waals surface area (Å²) in [4.78, 5) is 14.3. The monoisotopic (exact) mass is 355 g/mol. The van der Waals surface area contributed by atoms with E-state index in [1.165, 1.54) is 11.4 Å². The molecule has 1 aromatic rings. The molecule has 0 radical (unpaired) electrons. The fraction of sp³-hybridized carbons (Fsp3) is 0.733. The number of carbonyl (C=O) groups excluding carboxylic acids is 1. The van der Waals surface area contributed by atoms with Gasteiger partial charge in [0.05, 0.1) is 31.0 Å². The Kier molecular flexibility index (Phi) is 4.93. The van der Waals surface area contributed by atoms with Crippen molar-refractivity contribution in [2.24, 2.45) is 5.92 Å². The van der Waals surface area contributed by atoms with Gasteiger partial charge in [-0.2, -0.15) is 22.5 Å². The summed E-state index contributed by atoms with van der Waals surface area (Å²) in [5.41, 5.74) is 1.64. The van der Waals surface area contributed by atoms with Crippen molar-refractivity contribution in [3.05, 3.63) is 17.5 Å². The fourth-order valence-electron chi connectivity index (χ4n) is 2.96. The van der Waals surface area contributed by atoms with Crippen LogP contribution < -0.4 is 4.72 Å². The van der Waals surface area contributed by atoms with Crippen LogP contribution in [0.3, 0.4) is 0 Å². The van der Waals surface area contributed by atoms with Gasteiger partial charge in [0.15, 0.2) is 0 Å². The third-order valence-corrected chi connectivity index (χ3v) is 6.49. The summed E-state index contributed by atoms with van der Waals surface area (Å²) in [6.07, 6.45) is 3.16. The average molecular weight is 355 g/mol. The SMILES string of the molecule is CCN(C)S(=O)(=O)NCc1cc2n(n1)CCN(C(=O)C1CCC1)C2. The van der Waals surface area contributed by atoms with Gasteiger partial charge in [-0.3, -0.25) is 9.48 Å². The van der Waals surface area contributed by atoms with Crippen LogP contribution in [0.25, 0.3) is 0 Å². The van der Waals surface area contributed by atoms with E-state index >= 15 is 0 Å². The first kappa shape index (κ1) is 17.4. The lowest BCUT2D eigenvalue weighted by molar-refractivity contribution is -0.139. The van der Waals surface area contributed by atoms with E-state index in [2.05, 4.69) is 9.82 Å². The second-order valence-corrected chi connectivity index (χ2v) is 8.34. The molecule has 1 amide bonds. The summed E-state index contributed by atoms with van der Waals surface area (Å²) in [7, 11) is -1.94. The topological polar surface area (TPSA) is 87.5 Å². The van der Waals surface area contributed by atoms with E-state index in [0.29, 0.717) is 31.9 Å². The van der Waals surface area contributed by atoms with E-state index in [9.17, 15) is 13.2 Å². The lowest BCUT2D eigenvalue weighted by Gasteiger charge is -2.34. The molecule has 9 heteroatoms. The number of hydrogen-bond acceptors (Lipinski definition) is 4. The quantitative estimate of drug-likeness (QED) is 0.796. The number of rotatable bonds is 6. The number of hydrogen-bond donors (Lipinski definition) is 1. The Morgan fingerprint density at radius 2 is 2.17 bits per heavy atom. The maximum absolute atomic E-state index is 12.4. The molecule has 0 saturated heterocycles. The molecule has 0 spiro atoms. The van der Waals surface area contributed by atoms with Crippen molar-refractivity contribution in [3.8, 4) is 0 Å².